The molecule has 1 heterocycles. The quantitative estimate of drug-likeness (QED) is 0.635. The summed E-state index contributed by atoms with van der Waals surface area (Å²) in [7, 11) is 0. The van der Waals surface area contributed by atoms with E-state index in [0.717, 1.165) is 11.1 Å². The Morgan fingerprint density at radius 1 is 1.24 bits per heavy atom. The van der Waals surface area contributed by atoms with Crippen LogP contribution in [-0.4, -0.2) is 11.6 Å². The largest absolute Gasteiger partial charge is 0.435 e. The minimum absolute atomic E-state index is 0.103. The lowest BCUT2D eigenvalue weighted by molar-refractivity contribution is -0.0498. The first-order valence-corrected chi connectivity index (χ1v) is 6.57. The Morgan fingerprint density at radius 2 is 1.95 bits per heavy atom. The van der Waals surface area contributed by atoms with E-state index in [-0.39, 0.29) is 11.8 Å². The molecule has 0 radical (unpaired) electrons. The zero-order chi connectivity index (χ0) is 15.2. The topological polar surface area (TPSA) is 60.2 Å². The zero-order valence-electron chi connectivity index (χ0n) is 11.0. The molecule has 0 aliphatic heterocycles. The van der Waals surface area contributed by atoms with Gasteiger partial charge in [0.2, 0.25) is 0 Å². The molecule has 0 aliphatic carbocycles. The Bertz CT molecular complexity index is 581. The lowest BCUT2D eigenvalue weighted by atomic mass is 10.00. The summed E-state index contributed by atoms with van der Waals surface area (Å²) in [5, 5.41) is 0.551. The van der Waals surface area contributed by atoms with Gasteiger partial charge in [-0.2, -0.15) is 8.78 Å². The van der Waals surface area contributed by atoms with Crippen LogP contribution in [0.25, 0.3) is 0 Å². The summed E-state index contributed by atoms with van der Waals surface area (Å²) >= 11 is 6.06. The van der Waals surface area contributed by atoms with Gasteiger partial charge in [0.15, 0.2) is 0 Å². The smallest absolute Gasteiger partial charge is 0.387 e. The van der Waals surface area contributed by atoms with Gasteiger partial charge in [-0.1, -0.05) is 23.7 Å². The van der Waals surface area contributed by atoms with Gasteiger partial charge in [0.1, 0.15) is 5.75 Å². The van der Waals surface area contributed by atoms with Crippen molar-refractivity contribution in [3.05, 3.63) is 58.9 Å². The molecule has 2 rings (SSSR count). The van der Waals surface area contributed by atoms with Gasteiger partial charge >= 0.3 is 6.61 Å². The van der Waals surface area contributed by atoms with Gasteiger partial charge in [-0.25, -0.2) is 0 Å². The second kappa shape index (κ2) is 7.31. The van der Waals surface area contributed by atoms with E-state index >= 15 is 0 Å². The van der Waals surface area contributed by atoms with Gasteiger partial charge in [0.25, 0.3) is 0 Å². The lowest BCUT2D eigenvalue weighted by Gasteiger charge is -2.17. The highest BCUT2D eigenvalue weighted by molar-refractivity contribution is 6.31. The Hall–Kier alpha value is -1.76. The number of hydrogen-bond donors (Lipinski definition) is 2. The average Bonchev–Trinajstić information content (AvgIpc) is 2.47. The van der Waals surface area contributed by atoms with E-state index in [1.165, 1.54) is 12.1 Å². The van der Waals surface area contributed by atoms with E-state index in [1.54, 1.807) is 30.6 Å². The van der Waals surface area contributed by atoms with Crippen LogP contribution >= 0.6 is 11.6 Å². The second-order valence-electron chi connectivity index (χ2n) is 4.34. The number of nitrogens with one attached hydrogen (secondary N) is 1. The zero-order valence-corrected chi connectivity index (χ0v) is 11.7. The summed E-state index contributed by atoms with van der Waals surface area (Å²) in [6.07, 6.45) is 3.76. The van der Waals surface area contributed by atoms with E-state index in [4.69, 9.17) is 17.4 Å². The third-order valence-electron chi connectivity index (χ3n) is 2.99. The maximum Gasteiger partial charge on any atom is 0.387 e. The summed E-state index contributed by atoms with van der Waals surface area (Å²) in [6, 6.07) is 7.90. The van der Waals surface area contributed by atoms with Crippen LogP contribution in [0.2, 0.25) is 5.02 Å². The number of nitrogens with two attached hydrogens (primary N) is 1. The van der Waals surface area contributed by atoms with Crippen molar-refractivity contribution in [3.8, 4) is 5.75 Å². The second-order valence-corrected chi connectivity index (χ2v) is 4.75. The van der Waals surface area contributed by atoms with Crippen LogP contribution in [-0.2, 0) is 6.42 Å². The van der Waals surface area contributed by atoms with Gasteiger partial charge in [0, 0.05) is 12.4 Å². The van der Waals surface area contributed by atoms with Gasteiger partial charge in [-0.15, -0.1) is 0 Å². The molecule has 3 N–H and O–H groups in total. The third kappa shape index (κ3) is 4.35. The molecular weight excluding hydrogens is 300 g/mol. The highest BCUT2D eigenvalue weighted by Gasteiger charge is 2.13. The molecule has 0 amide bonds. The molecule has 1 unspecified atom stereocenters. The molecule has 7 heteroatoms. The van der Waals surface area contributed by atoms with Crippen molar-refractivity contribution in [1.82, 2.24) is 10.4 Å². The highest BCUT2D eigenvalue weighted by atomic mass is 35.5. The number of benzene rings is 1. The lowest BCUT2D eigenvalue weighted by Crippen LogP contribution is -2.29. The van der Waals surface area contributed by atoms with Gasteiger partial charge in [0.05, 0.1) is 11.1 Å². The average molecular weight is 314 g/mol. The molecule has 0 saturated heterocycles. The number of hydrogen-bond acceptors (Lipinski definition) is 4. The normalized spacial score (nSPS) is 12.4. The van der Waals surface area contributed by atoms with Crippen LogP contribution in [0.4, 0.5) is 8.78 Å². The number of hydrazine groups is 1. The van der Waals surface area contributed by atoms with Crippen molar-refractivity contribution in [2.24, 2.45) is 5.84 Å². The van der Waals surface area contributed by atoms with Crippen molar-refractivity contribution >= 4 is 11.6 Å². The van der Waals surface area contributed by atoms with Gasteiger partial charge in [-0.05, 0) is 35.7 Å². The number of nitrogens with zero attached hydrogens (tertiary/aromatic N) is 1. The minimum atomic E-state index is -2.84. The van der Waals surface area contributed by atoms with Crippen LogP contribution in [0.3, 0.4) is 0 Å². The number of rotatable bonds is 6. The number of pyridine rings is 1. The van der Waals surface area contributed by atoms with Crippen molar-refractivity contribution < 1.29 is 13.5 Å². The Morgan fingerprint density at radius 3 is 2.52 bits per heavy atom. The minimum Gasteiger partial charge on any atom is -0.435 e. The first-order valence-electron chi connectivity index (χ1n) is 6.19. The number of alkyl halides is 2. The molecule has 0 spiro atoms. The first-order chi connectivity index (χ1) is 10.1. The Labute approximate surface area is 125 Å². The summed E-state index contributed by atoms with van der Waals surface area (Å²) < 4.78 is 28.5. The molecule has 1 atom stereocenters. The molecule has 0 bridgehead atoms. The van der Waals surface area contributed by atoms with Crippen molar-refractivity contribution in [3.63, 3.8) is 0 Å². The van der Waals surface area contributed by atoms with E-state index in [9.17, 15) is 8.78 Å². The van der Waals surface area contributed by atoms with Crippen molar-refractivity contribution in [2.45, 2.75) is 19.1 Å². The van der Waals surface area contributed by atoms with E-state index in [0.29, 0.717) is 11.4 Å². The molecule has 112 valence electrons. The monoisotopic (exact) mass is 313 g/mol. The summed E-state index contributed by atoms with van der Waals surface area (Å²) in [5.41, 5.74) is 4.42. The fraction of sp³-hybridized carbons (Fsp3) is 0.214. The highest BCUT2D eigenvalue weighted by Crippen LogP contribution is 2.24. The number of halogens is 3. The molecule has 0 saturated carbocycles. The van der Waals surface area contributed by atoms with Crippen molar-refractivity contribution in [1.29, 1.82) is 0 Å². The summed E-state index contributed by atoms with van der Waals surface area (Å²) in [5.74, 6) is 5.66. The predicted octanol–water partition coefficient (Wildman–Crippen LogP) is 3.08. The molecule has 0 aliphatic rings. The van der Waals surface area contributed by atoms with Crippen molar-refractivity contribution in [2.75, 3.05) is 0 Å². The molecule has 0 fully saturated rings. The first kappa shape index (κ1) is 15.6. The number of ether oxygens (including phenoxy) is 1. The van der Waals surface area contributed by atoms with Crippen LogP contribution in [0.15, 0.2) is 42.7 Å². The van der Waals surface area contributed by atoms with Crippen LogP contribution in [0.5, 0.6) is 5.75 Å². The Balaban J connectivity index is 2.12. The molecule has 1 aromatic carbocycles. The summed E-state index contributed by atoms with van der Waals surface area (Å²) in [6.45, 7) is -2.84. The van der Waals surface area contributed by atoms with E-state index in [2.05, 4.69) is 15.1 Å². The maximum atomic E-state index is 12.1. The van der Waals surface area contributed by atoms with Gasteiger partial charge < -0.3 is 4.74 Å². The fourth-order valence-corrected chi connectivity index (χ4v) is 2.14. The van der Waals surface area contributed by atoms with Crippen LogP contribution in [0.1, 0.15) is 17.2 Å². The summed E-state index contributed by atoms with van der Waals surface area (Å²) in [4.78, 5) is 3.92. The Kier molecular flexibility index (Phi) is 5.44. The standard InChI is InChI=1S/C14H14ClF2N3O/c15-12-8-19-6-5-10(12)7-13(20-18)9-1-3-11(4-2-9)21-14(16)17/h1-6,8,13-14,20H,7,18H2. The molecular formula is C14H14ClF2N3O. The third-order valence-corrected chi connectivity index (χ3v) is 3.33. The van der Waals surface area contributed by atoms with Gasteiger partial charge in [-0.3, -0.25) is 16.3 Å². The SMILES string of the molecule is NNC(Cc1ccncc1Cl)c1ccc(OC(F)F)cc1. The van der Waals surface area contributed by atoms with E-state index < -0.39 is 6.61 Å². The molecule has 4 nitrogen and oxygen atoms in total. The maximum absolute atomic E-state index is 12.1. The van der Waals surface area contributed by atoms with E-state index in [1.807, 2.05) is 0 Å². The molecule has 2 aromatic rings. The number of aromatic nitrogens is 1. The fourth-order valence-electron chi connectivity index (χ4n) is 1.94. The molecule has 1 aromatic heterocycles. The van der Waals surface area contributed by atoms with Crippen LogP contribution < -0.4 is 16.0 Å². The van der Waals surface area contributed by atoms with Crippen LogP contribution in [0, 0.1) is 0 Å². The predicted molar refractivity (Wildman–Crippen MR) is 76.1 cm³/mol. The molecule has 21 heavy (non-hydrogen) atoms.